The van der Waals surface area contributed by atoms with Crippen LogP contribution in [0.2, 0.25) is 0 Å². The maximum Gasteiger partial charge on any atom is 0.241 e. The first-order valence-corrected chi connectivity index (χ1v) is 10.9. The average molecular weight is 445 g/mol. The van der Waals surface area contributed by atoms with Crippen molar-refractivity contribution in [2.24, 2.45) is 5.73 Å². The van der Waals surface area contributed by atoms with E-state index in [0.717, 1.165) is 17.0 Å². The molecule has 1 fully saturated rings. The van der Waals surface area contributed by atoms with Crippen LogP contribution in [-0.4, -0.2) is 42.4 Å². The fraction of sp³-hybridized carbons (Fsp3) is 0.231. The molecule has 1 amide bonds. The average Bonchev–Trinajstić information content (AvgIpc) is 3.22. The van der Waals surface area contributed by atoms with Gasteiger partial charge in [0, 0.05) is 30.8 Å². The predicted octanol–water partition coefficient (Wildman–Crippen LogP) is 3.64. The van der Waals surface area contributed by atoms with E-state index in [2.05, 4.69) is 22.3 Å². The zero-order valence-electron chi connectivity index (χ0n) is 18.5. The van der Waals surface area contributed by atoms with Gasteiger partial charge < -0.3 is 20.5 Å². The van der Waals surface area contributed by atoms with Gasteiger partial charge in [0.2, 0.25) is 5.91 Å². The van der Waals surface area contributed by atoms with Crippen molar-refractivity contribution in [2.75, 3.05) is 19.0 Å². The molecule has 1 aliphatic rings. The van der Waals surface area contributed by atoms with Gasteiger partial charge in [0.1, 0.15) is 23.4 Å². The van der Waals surface area contributed by atoms with Crippen molar-refractivity contribution in [3.63, 3.8) is 0 Å². The fourth-order valence-electron chi connectivity index (χ4n) is 4.04. The number of amides is 1. The van der Waals surface area contributed by atoms with Crippen LogP contribution >= 0.6 is 0 Å². The van der Waals surface area contributed by atoms with Gasteiger partial charge in [-0.25, -0.2) is 0 Å². The van der Waals surface area contributed by atoms with Gasteiger partial charge in [0.05, 0.1) is 13.2 Å². The number of carbonyl (C=O) groups excluding carboxylic acids is 1. The molecule has 7 heteroatoms. The highest BCUT2D eigenvalue weighted by molar-refractivity contribution is 5.95. The lowest BCUT2D eigenvalue weighted by molar-refractivity contribution is -0.120. The first-order chi connectivity index (χ1) is 16.0. The third-order valence-corrected chi connectivity index (χ3v) is 5.70. The number of nitrogens with one attached hydrogen (secondary N) is 2. The second-order valence-corrected chi connectivity index (χ2v) is 8.07. The maximum absolute atomic E-state index is 13.2. The Morgan fingerprint density at radius 2 is 1.82 bits per heavy atom. The number of nitrogens with two attached hydrogens (primary N) is 1. The number of nitrogen functional groups attached to an aromatic ring is 1. The molecule has 0 bridgehead atoms. The topological polar surface area (TPSA) is 101 Å². The number of ether oxygens (including phenoxy) is 2. The van der Waals surface area contributed by atoms with Crippen LogP contribution in [0.1, 0.15) is 17.5 Å². The van der Waals surface area contributed by atoms with E-state index in [9.17, 15) is 4.79 Å². The number of carbonyl (C=O) groups is 1. The zero-order valence-corrected chi connectivity index (χ0v) is 18.5. The minimum absolute atomic E-state index is 0.00526. The van der Waals surface area contributed by atoms with E-state index in [1.807, 2.05) is 54.6 Å². The van der Waals surface area contributed by atoms with Crippen molar-refractivity contribution in [2.45, 2.75) is 25.1 Å². The lowest BCUT2D eigenvalue weighted by atomic mass is 10.1. The monoisotopic (exact) mass is 444 g/mol. The van der Waals surface area contributed by atoms with E-state index in [-0.39, 0.29) is 23.9 Å². The van der Waals surface area contributed by atoms with Gasteiger partial charge in [-0.15, -0.1) is 0 Å². The smallest absolute Gasteiger partial charge is 0.241 e. The summed E-state index contributed by atoms with van der Waals surface area (Å²) in [4.78, 5) is 15.4. The molecule has 33 heavy (non-hydrogen) atoms. The number of hydrogen-bond acceptors (Lipinski definition) is 5. The number of amidine groups is 1. The number of likely N-dealkylation sites (tertiary alicyclic amines) is 1. The normalized spacial score (nSPS) is 18.0. The molecule has 3 aromatic carbocycles. The van der Waals surface area contributed by atoms with E-state index in [1.54, 1.807) is 19.2 Å². The Bertz CT molecular complexity index is 1100. The third kappa shape index (κ3) is 5.70. The van der Waals surface area contributed by atoms with Gasteiger partial charge in [-0.05, 0) is 42.0 Å². The van der Waals surface area contributed by atoms with E-state index < -0.39 is 0 Å². The summed E-state index contributed by atoms with van der Waals surface area (Å²) >= 11 is 0. The van der Waals surface area contributed by atoms with E-state index in [0.29, 0.717) is 30.8 Å². The fourth-order valence-corrected chi connectivity index (χ4v) is 4.04. The number of rotatable bonds is 8. The van der Waals surface area contributed by atoms with Crippen molar-refractivity contribution >= 4 is 17.4 Å². The highest BCUT2D eigenvalue weighted by Gasteiger charge is 2.38. The third-order valence-electron chi connectivity index (χ3n) is 5.70. The van der Waals surface area contributed by atoms with Crippen molar-refractivity contribution in [1.29, 1.82) is 5.41 Å². The molecule has 0 aliphatic carbocycles. The first-order valence-electron chi connectivity index (χ1n) is 10.9. The molecular formula is C26H28N4O3. The van der Waals surface area contributed by atoms with Crippen LogP contribution in [0.4, 0.5) is 5.69 Å². The number of benzene rings is 3. The van der Waals surface area contributed by atoms with Crippen molar-refractivity contribution in [1.82, 2.24) is 4.90 Å². The summed E-state index contributed by atoms with van der Waals surface area (Å²) in [5.41, 5.74) is 8.08. The minimum atomic E-state index is -0.340. The minimum Gasteiger partial charge on any atom is -0.497 e. The van der Waals surface area contributed by atoms with Crippen molar-refractivity contribution in [3.05, 3.63) is 90.0 Å². The molecule has 0 radical (unpaired) electrons. The summed E-state index contributed by atoms with van der Waals surface area (Å²) < 4.78 is 11.4. The molecule has 3 aromatic rings. The summed E-state index contributed by atoms with van der Waals surface area (Å²) in [5, 5.41) is 10.7. The van der Waals surface area contributed by atoms with Gasteiger partial charge in [0.25, 0.3) is 0 Å². The lowest BCUT2D eigenvalue weighted by Gasteiger charge is -2.23. The van der Waals surface area contributed by atoms with E-state index >= 15 is 0 Å². The highest BCUT2D eigenvalue weighted by Crippen LogP contribution is 2.27. The predicted molar refractivity (Wildman–Crippen MR) is 129 cm³/mol. The van der Waals surface area contributed by atoms with Crippen LogP contribution in [0.5, 0.6) is 11.5 Å². The standard InChI is InChI=1S/C26H28N4O3/c1-32-21-12-10-20(11-13-21)29-26(31)24-15-23(17-30(24)16-18-6-3-2-4-7-18)33-22-9-5-8-19(14-22)25(27)28/h2-14,23-24H,15-17H2,1H3,(H3,27,28)(H,29,31). The summed E-state index contributed by atoms with van der Waals surface area (Å²) in [6.07, 6.45) is 0.390. The molecule has 0 aromatic heterocycles. The Kier molecular flexibility index (Phi) is 6.90. The van der Waals surface area contributed by atoms with Crippen LogP contribution < -0.4 is 20.5 Å². The molecule has 7 nitrogen and oxygen atoms in total. The molecule has 1 aliphatic heterocycles. The molecular weight excluding hydrogens is 416 g/mol. The molecule has 0 spiro atoms. The summed E-state index contributed by atoms with van der Waals surface area (Å²) in [6.45, 7) is 1.26. The molecule has 170 valence electrons. The van der Waals surface area contributed by atoms with Gasteiger partial charge >= 0.3 is 0 Å². The Morgan fingerprint density at radius 1 is 1.06 bits per heavy atom. The van der Waals surface area contributed by atoms with Gasteiger partial charge in [-0.2, -0.15) is 0 Å². The number of anilines is 1. The highest BCUT2D eigenvalue weighted by atomic mass is 16.5. The molecule has 2 unspecified atom stereocenters. The van der Waals surface area contributed by atoms with Crippen molar-refractivity contribution < 1.29 is 14.3 Å². The van der Waals surface area contributed by atoms with Gasteiger partial charge in [0.15, 0.2) is 0 Å². The van der Waals surface area contributed by atoms with Crippen molar-refractivity contribution in [3.8, 4) is 11.5 Å². The van der Waals surface area contributed by atoms with E-state index in [4.69, 9.17) is 20.6 Å². The quantitative estimate of drug-likeness (QED) is 0.364. The van der Waals surface area contributed by atoms with Gasteiger partial charge in [-0.3, -0.25) is 15.1 Å². The van der Waals surface area contributed by atoms with Crippen LogP contribution in [-0.2, 0) is 11.3 Å². The Hall–Kier alpha value is -3.84. The SMILES string of the molecule is COc1ccc(NC(=O)C2CC(Oc3cccc(C(=N)N)c3)CN2Cc2ccccc2)cc1. The molecule has 0 saturated carbocycles. The van der Waals surface area contributed by atoms with Crippen LogP contribution in [0.15, 0.2) is 78.9 Å². The summed E-state index contributed by atoms with van der Waals surface area (Å²) in [6, 6.07) is 24.2. The molecule has 1 saturated heterocycles. The summed E-state index contributed by atoms with van der Waals surface area (Å²) in [5.74, 6) is 1.30. The first kappa shape index (κ1) is 22.4. The molecule has 4 N–H and O–H groups in total. The Labute approximate surface area is 193 Å². The van der Waals surface area contributed by atoms with Crippen LogP contribution in [0, 0.1) is 5.41 Å². The Balaban J connectivity index is 1.49. The number of nitrogens with zero attached hydrogens (tertiary/aromatic N) is 1. The largest absolute Gasteiger partial charge is 0.497 e. The number of hydrogen-bond donors (Lipinski definition) is 3. The van der Waals surface area contributed by atoms with Gasteiger partial charge in [-0.1, -0.05) is 42.5 Å². The molecule has 2 atom stereocenters. The lowest BCUT2D eigenvalue weighted by Crippen LogP contribution is -2.39. The zero-order chi connectivity index (χ0) is 23.2. The number of methoxy groups -OCH3 is 1. The molecule has 4 rings (SSSR count). The van der Waals surface area contributed by atoms with E-state index in [1.165, 1.54) is 0 Å². The molecule has 1 heterocycles. The van der Waals surface area contributed by atoms with Crippen LogP contribution in [0.3, 0.4) is 0 Å². The Morgan fingerprint density at radius 3 is 2.52 bits per heavy atom. The second-order valence-electron chi connectivity index (χ2n) is 8.07. The second kappa shape index (κ2) is 10.2. The summed E-state index contributed by atoms with van der Waals surface area (Å²) in [7, 11) is 1.61. The maximum atomic E-state index is 13.2. The van der Waals surface area contributed by atoms with Crippen LogP contribution in [0.25, 0.3) is 0 Å².